The fourth-order valence-electron chi connectivity index (χ4n) is 2.63. The van der Waals surface area contributed by atoms with Crippen molar-refractivity contribution >= 4 is 35.5 Å². The molecule has 1 N–H and O–H groups in total. The summed E-state index contributed by atoms with van der Waals surface area (Å²) in [6.07, 6.45) is 0. The number of nitrogens with zero attached hydrogens (tertiary/aromatic N) is 2. The number of carbonyl (C=O) groups is 2. The molecule has 2 rings (SSSR count). The van der Waals surface area contributed by atoms with Gasteiger partial charge < -0.3 is 10.0 Å². The van der Waals surface area contributed by atoms with Crippen LogP contribution in [0.1, 0.15) is 20.8 Å². The van der Waals surface area contributed by atoms with Gasteiger partial charge in [-0.15, -0.1) is 11.8 Å². The molecule has 2 saturated heterocycles. The molecular formula is C13H22N2O3S2. The molecule has 2 amide bonds. The summed E-state index contributed by atoms with van der Waals surface area (Å²) in [6.45, 7) is 7.61. The summed E-state index contributed by atoms with van der Waals surface area (Å²) in [7, 11) is 0. The van der Waals surface area contributed by atoms with Crippen LogP contribution >= 0.6 is 23.5 Å². The van der Waals surface area contributed by atoms with Crippen molar-refractivity contribution < 1.29 is 14.7 Å². The Morgan fingerprint density at radius 2 is 2.00 bits per heavy atom. The Balaban J connectivity index is 2.16. The van der Waals surface area contributed by atoms with E-state index in [2.05, 4.69) is 6.92 Å². The number of hydrogen-bond acceptors (Lipinski definition) is 4. The summed E-state index contributed by atoms with van der Waals surface area (Å²) in [5.41, 5.74) is 0. The van der Waals surface area contributed by atoms with Crippen LogP contribution in [0, 0.1) is 5.92 Å². The van der Waals surface area contributed by atoms with Gasteiger partial charge in [0.1, 0.15) is 6.04 Å². The number of urea groups is 1. The molecule has 0 bridgehead atoms. The second-order valence-corrected chi connectivity index (χ2v) is 8.34. The molecule has 2 aliphatic heterocycles. The number of hydrogen-bond donors (Lipinski definition) is 1. The van der Waals surface area contributed by atoms with Crippen LogP contribution in [-0.2, 0) is 4.79 Å². The number of rotatable bonds is 2. The van der Waals surface area contributed by atoms with Crippen LogP contribution in [0.15, 0.2) is 0 Å². The predicted molar refractivity (Wildman–Crippen MR) is 83.2 cm³/mol. The highest BCUT2D eigenvalue weighted by atomic mass is 32.2. The molecule has 0 aliphatic carbocycles. The van der Waals surface area contributed by atoms with Gasteiger partial charge in [0, 0.05) is 29.8 Å². The third-order valence-corrected chi connectivity index (χ3v) is 6.38. The molecule has 0 aromatic heterocycles. The smallest absolute Gasteiger partial charge is 0.327 e. The van der Waals surface area contributed by atoms with Gasteiger partial charge in [0.2, 0.25) is 0 Å². The van der Waals surface area contributed by atoms with E-state index in [4.69, 9.17) is 0 Å². The lowest BCUT2D eigenvalue weighted by atomic mass is 10.1. The van der Waals surface area contributed by atoms with E-state index in [1.54, 1.807) is 16.7 Å². The quantitative estimate of drug-likeness (QED) is 0.844. The van der Waals surface area contributed by atoms with Crippen molar-refractivity contribution in [2.45, 2.75) is 37.4 Å². The van der Waals surface area contributed by atoms with Gasteiger partial charge in [-0.05, 0) is 5.92 Å². The highest BCUT2D eigenvalue weighted by molar-refractivity contribution is 8.00. The van der Waals surface area contributed by atoms with Crippen molar-refractivity contribution in [3.8, 4) is 0 Å². The van der Waals surface area contributed by atoms with Crippen LogP contribution in [0.25, 0.3) is 0 Å². The Morgan fingerprint density at radius 1 is 1.30 bits per heavy atom. The number of carboxylic acid groups (broad SMARTS) is 1. The summed E-state index contributed by atoms with van der Waals surface area (Å²) >= 11 is 3.44. The van der Waals surface area contributed by atoms with E-state index < -0.39 is 12.0 Å². The average Bonchev–Trinajstić information content (AvgIpc) is 2.82. The molecule has 0 saturated carbocycles. The van der Waals surface area contributed by atoms with E-state index in [1.807, 2.05) is 30.5 Å². The first-order valence-corrected chi connectivity index (χ1v) is 9.04. The third-order valence-electron chi connectivity index (χ3n) is 3.62. The lowest BCUT2D eigenvalue weighted by molar-refractivity contribution is -0.141. The zero-order chi connectivity index (χ0) is 14.9. The van der Waals surface area contributed by atoms with Crippen molar-refractivity contribution in [3.63, 3.8) is 0 Å². The van der Waals surface area contributed by atoms with Crippen LogP contribution in [0.2, 0.25) is 0 Å². The van der Waals surface area contributed by atoms with E-state index in [-0.39, 0.29) is 17.3 Å². The summed E-state index contributed by atoms with van der Waals surface area (Å²) < 4.78 is 0. The predicted octanol–water partition coefficient (Wildman–Crippen LogP) is 2.03. The van der Waals surface area contributed by atoms with Gasteiger partial charge in [-0.2, -0.15) is 11.8 Å². The molecule has 3 unspecified atom stereocenters. The lowest BCUT2D eigenvalue weighted by Crippen LogP contribution is -2.55. The number of carboxylic acids is 1. The maximum absolute atomic E-state index is 12.7. The fourth-order valence-corrected chi connectivity index (χ4v) is 5.11. The van der Waals surface area contributed by atoms with E-state index in [0.717, 1.165) is 5.75 Å². The molecule has 20 heavy (non-hydrogen) atoms. The molecule has 3 atom stereocenters. The maximum atomic E-state index is 12.7. The molecule has 5 nitrogen and oxygen atoms in total. The van der Waals surface area contributed by atoms with Crippen molar-refractivity contribution in [2.24, 2.45) is 5.92 Å². The van der Waals surface area contributed by atoms with Gasteiger partial charge >= 0.3 is 12.0 Å². The molecule has 114 valence electrons. The highest BCUT2D eigenvalue weighted by Gasteiger charge is 2.44. The highest BCUT2D eigenvalue weighted by Crippen LogP contribution is 2.35. The fraction of sp³-hybridized carbons (Fsp3) is 0.846. The normalized spacial score (nSPS) is 30.9. The van der Waals surface area contributed by atoms with E-state index in [0.29, 0.717) is 24.1 Å². The monoisotopic (exact) mass is 318 g/mol. The lowest BCUT2D eigenvalue weighted by Gasteiger charge is -2.37. The maximum Gasteiger partial charge on any atom is 0.327 e. The van der Waals surface area contributed by atoms with E-state index in [9.17, 15) is 14.7 Å². The molecule has 0 radical (unpaired) electrons. The standard InChI is InChI=1S/C13H22N2O3S2/c1-8(2)11-15(10(7-20-11)12(16)17)13(18)14-4-5-19-9(3)6-14/h8-11H,4-7H2,1-3H3,(H,16,17). The van der Waals surface area contributed by atoms with Crippen molar-refractivity contribution in [1.82, 2.24) is 9.80 Å². The van der Waals surface area contributed by atoms with Crippen LogP contribution in [0.5, 0.6) is 0 Å². The largest absolute Gasteiger partial charge is 0.480 e. The average molecular weight is 318 g/mol. The van der Waals surface area contributed by atoms with Gasteiger partial charge in [0.05, 0.1) is 5.37 Å². The molecule has 0 aromatic rings. The third kappa shape index (κ3) is 3.19. The van der Waals surface area contributed by atoms with E-state index >= 15 is 0 Å². The SMILES string of the molecule is CC1CN(C(=O)N2C(C(=O)O)CSC2C(C)C)CCS1. The summed E-state index contributed by atoms with van der Waals surface area (Å²) in [5.74, 6) is 0.776. The van der Waals surface area contributed by atoms with Crippen molar-refractivity contribution in [2.75, 3.05) is 24.6 Å². The molecule has 2 heterocycles. The van der Waals surface area contributed by atoms with Gasteiger partial charge in [-0.3, -0.25) is 4.90 Å². The first kappa shape index (κ1) is 15.8. The number of amides is 2. The second kappa shape index (κ2) is 6.47. The summed E-state index contributed by atoms with van der Waals surface area (Å²) in [6, 6.07) is -0.793. The van der Waals surface area contributed by atoms with Gasteiger partial charge in [0.15, 0.2) is 0 Å². The molecule has 0 spiro atoms. The van der Waals surface area contributed by atoms with E-state index in [1.165, 1.54) is 0 Å². The minimum absolute atomic E-state index is 0.0338. The minimum atomic E-state index is -0.895. The first-order chi connectivity index (χ1) is 9.41. The van der Waals surface area contributed by atoms with Gasteiger partial charge in [-0.25, -0.2) is 9.59 Å². The molecular weight excluding hydrogens is 296 g/mol. The Hall–Kier alpha value is -0.560. The molecule has 0 aromatic carbocycles. The van der Waals surface area contributed by atoms with Crippen LogP contribution in [0.4, 0.5) is 4.79 Å². The zero-order valence-corrected chi connectivity index (χ0v) is 13.7. The van der Waals surface area contributed by atoms with Crippen molar-refractivity contribution in [1.29, 1.82) is 0 Å². The Labute approximate surface area is 128 Å². The number of thioether (sulfide) groups is 2. The topological polar surface area (TPSA) is 60.9 Å². The van der Waals surface area contributed by atoms with Crippen LogP contribution < -0.4 is 0 Å². The van der Waals surface area contributed by atoms with Crippen LogP contribution in [-0.4, -0.2) is 68.2 Å². The number of aliphatic carboxylic acids is 1. The summed E-state index contributed by atoms with van der Waals surface area (Å²) in [4.78, 5) is 27.6. The Morgan fingerprint density at radius 3 is 2.55 bits per heavy atom. The Kier molecular flexibility index (Phi) is 5.12. The molecule has 2 aliphatic rings. The van der Waals surface area contributed by atoms with Gasteiger partial charge in [-0.1, -0.05) is 20.8 Å². The first-order valence-electron chi connectivity index (χ1n) is 6.95. The second-order valence-electron chi connectivity index (χ2n) is 5.64. The molecule has 2 fully saturated rings. The minimum Gasteiger partial charge on any atom is -0.480 e. The van der Waals surface area contributed by atoms with Gasteiger partial charge in [0.25, 0.3) is 0 Å². The zero-order valence-electron chi connectivity index (χ0n) is 12.1. The van der Waals surface area contributed by atoms with Crippen molar-refractivity contribution in [3.05, 3.63) is 0 Å². The summed E-state index contributed by atoms with van der Waals surface area (Å²) in [5, 5.41) is 9.74. The Bertz CT molecular complexity index is 392. The van der Waals surface area contributed by atoms with Crippen LogP contribution in [0.3, 0.4) is 0 Å². The number of carbonyl (C=O) groups excluding carboxylic acids is 1. The molecule has 7 heteroatoms.